The van der Waals surface area contributed by atoms with E-state index in [9.17, 15) is 4.79 Å². The van der Waals surface area contributed by atoms with E-state index in [0.717, 1.165) is 5.30 Å². The first-order chi connectivity index (χ1) is 12.4. The van der Waals surface area contributed by atoms with Crippen molar-refractivity contribution < 1.29 is 14.3 Å². The molecule has 0 aliphatic heterocycles. The summed E-state index contributed by atoms with van der Waals surface area (Å²) in [7, 11) is -0.171. The molecule has 0 radical (unpaired) electrons. The predicted octanol–water partition coefficient (Wildman–Crippen LogP) is 6.49. The minimum Gasteiger partial charge on any atom is -0.488 e. The molecule has 0 N–H and O–H groups in total. The molecule has 0 amide bonds. The van der Waals surface area contributed by atoms with Crippen molar-refractivity contribution in [1.82, 2.24) is 0 Å². The molecule has 0 bridgehead atoms. The smallest absolute Gasteiger partial charge is 0.188 e. The second-order valence-electron chi connectivity index (χ2n) is 8.14. The molecule has 0 aliphatic rings. The Morgan fingerprint density at radius 1 is 0.889 bits per heavy atom. The Bertz CT molecular complexity index is 816. The fraction of sp³-hybridized carbons (Fsp3) is 0.381. The van der Waals surface area contributed by atoms with Gasteiger partial charge in [0.25, 0.3) is 0 Å². The third-order valence-electron chi connectivity index (χ3n) is 3.23. The van der Waals surface area contributed by atoms with Crippen LogP contribution in [0.1, 0.15) is 51.9 Å². The van der Waals surface area contributed by atoms with Crippen LogP contribution in [-0.2, 0) is 0 Å². The van der Waals surface area contributed by atoms with E-state index in [4.69, 9.17) is 32.7 Å². The summed E-state index contributed by atoms with van der Waals surface area (Å²) in [6.07, 6.45) is 0. The van der Waals surface area contributed by atoms with Crippen molar-refractivity contribution in [3.8, 4) is 11.5 Å². The van der Waals surface area contributed by atoms with Crippen LogP contribution in [0.2, 0.25) is 10.0 Å². The third kappa shape index (κ3) is 6.68. The first-order valence-corrected chi connectivity index (χ1v) is 10.4. The molecule has 3 nitrogen and oxygen atoms in total. The van der Waals surface area contributed by atoms with Crippen LogP contribution in [0.5, 0.6) is 11.5 Å². The van der Waals surface area contributed by atoms with Crippen LogP contribution < -0.4 is 14.8 Å². The lowest BCUT2D eigenvalue weighted by Crippen LogP contribution is -2.26. The van der Waals surface area contributed by atoms with Gasteiger partial charge in [-0.1, -0.05) is 29.3 Å². The first kappa shape index (κ1) is 22.0. The highest BCUT2D eigenvalue weighted by Gasteiger charge is 2.21. The van der Waals surface area contributed by atoms with Gasteiger partial charge in [0.05, 0.1) is 15.6 Å². The first-order valence-electron chi connectivity index (χ1n) is 8.63. The highest BCUT2D eigenvalue weighted by molar-refractivity contribution is 7.66. The second-order valence-corrected chi connectivity index (χ2v) is 10.2. The zero-order valence-electron chi connectivity index (χ0n) is 16.4. The van der Waals surface area contributed by atoms with Crippen LogP contribution in [0.25, 0.3) is 0 Å². The Morgan fingerprint density at radius 2 is 1.44 bits per heavy atom. The summed E-state index contributed by atoms with van der Waals surface area (Å²) in [6.45, 7) is 11.8. The fourth-order valence-corrected chi connectivity index (χ4v) is 4.12. The summed E-state index contributed by atoms with van der Waals surface area (Å²) < 4.78 is 12.0. The third-order valence-corrected chi connectivity index (χ3v) is 5.02. The van der Waals surface area contributed by atoms with Crippen LogP contribution in [0.3, 0.4) is 0 Å². The lowest BCUT2D eigenvalue weighted by Gasteiger charge is -2.26. The Hall–Kier alpha value is -1.28. The molecule has 146 valence electrons. The summed E-state index contributed by atoms with van der Waals surface area (Å²) in [6, 6.07) is 10.6. The summed E-state index contributed by atoms with van der Waals surface area (Å²) in [5, 5.41) is 1.49. The lowest BCUT2D eigenvalue weighted by molar-refractivity contribution is 0.108. The maximum absolute atomic E-state index is 12.8. The molecule has 1 atom stereocenters. The average Bonchev–Trinajstić information content (AvgIpc) is 2.46. The van der Waals surface area contributed by atoms with Crippen molar-refractivity contribution in [1.29, 1.82) is 0 Å². The SMILES string of the molecule is CC(C)(C)Oc1ccc(PC(=O)c2c(Cl)cccc2Cl)c(OC(C)(C)C)c1. The van der Waals surface area contributed by atoms with E-state index in [0.29, 0.717) is 27.1 Å². The van der Waals surface area contributed by atoms with Crippen molar-refractivity contribution >= 4 is 42.6 Å². The van der Waals surface area contributed by atoms with Gasteiger partial charge in [-0.15, -0.1) is 0 Å². The van der Waals surface area contributed by atoms with Gasteiger partial charge in [-0.05, 0) is 74.4 Å². The van der Waals surface area contributed by atoms with Crippen molar-refractivity contribution in [2.24, 2.45) is 0 Å². The quantitative estimate of drug-likeness (QED) is 0.512. The Balaban J connectivity index is 2.38. The van der Waals surface area contributed by atoms with Gasteiger partial charge in [0.2, 0.25) is 0 Å². The molecule has 0 aliphatic carbocycles. The lowest BCUT2D eigenvalue weighted by atomic mass is 10.2. The number of ether oxygens (including phenoxy) is 2. The number of halogens is 2. The van der Waals surface area contributed by atoms with E-state index >= 15 is 0 Å². The van der Waals surface area contributed by atoms with Gasteiger partial charge >= 0.3 is 0 Å². The van der Waals surface area contributed by atoms with E-state index in [2.05, 4.69) is 0 Å². The van der Waals surface area contributed by atoms with Gasteiger partial charge in [0.1, 0.15) is 22.7 Å². The van der Waals surface area contributed by atoms with E-state index in [1.807, 2.05) is 59.7 Å². The second kappa shape index (κ2) is 8.39. The van der Waals surface area contributed by atoms with Gasteiger partial charge in [0, 0.05) is 11.4 Å². The summed E-state index contributed by atoms with van der Waals surface area (Å²) in [5.74, 6) is 1.32. The van der Waals surface area contributed by atoms with E-state index in [1.165, 1.54) is 0 Å². The molecule has 0 saturated heterocycles. The monoisotopic (exact) mass is 426 g/mol. The molecule has 0 heterocycles. The predicted molar refractivity (Wildman–Crippen MR) is 116 cm³/mol. The molecule has 27 heavy (non-hydrogen) atoms. The number of hydrogen-bond donors (Lipinski definition) is 0. The molecule has 2 aromatic rings. The number of carbonyl (C=O) groups is 1. The number of carbonyl (C=O) groups excluding carboxylic acids is 1. The van der Waals surface area contributed by atoms with Gasteiger partial charge in [-0.25, -0.2) is 0 Å². The van der Waals surface area contributed by atoms with Crippen LogP contribution in [0, 0.1) is 0 Å². The number of benzene rings is 2. The summed E-state index contributed by atoms with van der Waals surface area (Å²) in [4.78, 5) is 12.8. The van der Waals surface area contributed by atoms with Crippen molar-refractivity contribution in [3.63, 3.8) is 0 Å². The van der Waals surface area contributed by atoms with Crippen LogP contribution in [0.4, 0.5) is 0 Å². The Labute approximate surface area is 173 Å². The highest BCUT2D eigenvalue weighted by atomic mass is 35.5. The van der Waals surface area contributed by atoms with Gasteiger partial charge in [-0.3, -0.25) is 4.79 Å². The Morgan fingerprint density at radius 3 is 1.96 bits per heavy atom. The van der Waals surface area contributed by atoms with Gasteiger partial charge in [-0.2, -0.15) is 0 Å². The molecule has 0 aromatic heterocycles. The molecule has 0 saturated carbocycles. The molecule has 2 aromatic carbocycles. The van der Waals surface area contributed by atoms with E-state index < -0.39 is 5.60 Å². The molecule has 0 fully saturated rings. The van der Waals surface area contributed by atoms with Crippen molar-refractivity contribution in [2.45, 2.75) is 52.7 Å². The van der Waals surface area contributed by atoms with Crippen molar-refractivity contribution in [3.05, 3.63) is 52.0 Å². The van der Waals surface area contributed by atoms with Crippen LogP contribution in [0.15, 0.2) is 36.4 Å². The average molecular weight is 427 g/mol. The van der Waals surface area contributed by atoms with Gasteiger partial charge < -0.3 is 9.47 Å². The molecule has 6 heteroatoms. The minimum absolute atomic E-state index is 0.131. The van der Waals surface area contributed by atoms with E-state index in [-0.39, 0.29) is 19.7 Å². The zero-order valence-corrected chi connectivity index (χ0v) is 19.0. The largest absolute Gasteiger partial charge is 0.488 e. The summed E-state index contributed by atoms with van der Waals surface area (Å²) >= 11 is 12.4. The molecule has 0 spiro atoms. The van der Waals surface area contributed by atoms with Gasteiger partial charge in [0.15, 0.2) is 5.52 Å². The number of rotatable bonds is 5. The van der Waals surface area contributed by atoms with Crippen molar-refractivity contribution in [2.75, 3.05) is 0 Å². The highest BCUT2D eigenvalue weighted by Crippen LogP contribution is 2.34. The van der Waals surface area contributed by atoms with E-state index in [1.54, 1.807) is 18.2 Å². The Kier molecular flexibility index (Phi) is 6.84. The maximum atomic E-state index is 12.8. The summed E-state index contributed by atoms with van der Waals surface area (Å²) in [5.41, 5.74) is -0.529. The molecule has 2 rings (SSSR count). The van der Waals surface area contributed by atoms with Crippen LogP contribution in [-0.4, -0.2) is 16.7 Å². The zero-order chi connectivity index (χ0) is 20.4. The normalized spacial score (nSPS) is 12.4. The molecular formula is C21H25Cl2O3P. The topological polar surface area (TPSA) is 35.5 Å². The maximum Gasteiger partial charge on any atom is 0.188 e. The standard InChI is InChI=1S/C21H25Cl2O3P/c1-20(2,3)25-13-10-11-17(16(12-13)26-21(4,5)6)27-19(24)18-14(22)8-7-9-15(18)23/h7-12,27H,1-6H3. The van der Waals surface area contributed by atoms with Crippen LogP contribution >= 0.6 is 31.8 Å². The minimum atomic E-state index is -0.412. The molecular weight excluding hydrogens is 402 g/mol. The number of hydrogen-bond acceptors (Lipinski definition) is 3. The molecule has 1 unspecified atom stereocenters. The fourth-order valence-electron chi connectivity index (χ4n) is 2.34.